The maximum Gasteiger partial charge on any atom is 0.337 e. The molecule has 4 nitrogen and oxygen atoms in total. The second-order valence-electron chi connectivity index (χ2n) is 5.37. The van der Waals surface area contributed by atoms with Gasteiger partial charge in [0.2, 0.25) is 0 Å². The molecule has 1 aromatic rings. The van der Waals surface area contributed by atoms with E-state index in [4.69, 9.17) is 5.11 Å². The van der Waals surface area contributed by atoms with E-state index >= 15 is 0 Å². The molecule has 1 heterocycles. The fourth-order valence-corrected chi connectivity index (χ4v) is 2.67. The Morgan fingerprint density at radius 3 is 2.75 bits per heavy atom. The summed E-state index contributed by atoms with van der Waals surface area (Å²) in [5.74, 6) is -1.63. The van der Waals surface area contributed by atoms with Gasteiger partial charge >= 0.3 is 5.97 Å². The summed E-state index contributed by atoms with van der Waals surface area (Å²) in [4.78, 5) is 13.5. The molecule has 0 amide bonds. The Balaban J connectivity index is 2.03. The summed E-state index contributed by atoms with van der Waals surface area (Å²) in [6, 6.07) is 4.12. The van der Waals surface area contributed by atoms with E-state index in [1.165, 1.54) is 37.5 Å². The molecule has 0 aliphatic carbocycles. The van der Waals surface area contributed by atoms with Crippen molar-refractivity contribution < 1.29 is 14.3 Å². The van der Waals surface area contributed by atoms with E-state index in [0.29, 0.717) is 0 Å². The van der Waals surface area contributed by atoms with E-state index in [1.54, 1.807) is 0 Å². The van der Waals surface area contributed by atoms with Gasteiger partial charge in [0.15, 0.2) is 0 Å². The van der Waals surface area contributed by atoms with E-state index in [0.717, 1.165) is 19.6 Å². The highest BCUT2D eigenvalue weighted by Crippen LogP contribution is 2.21. The summed E-state index contributed by atoms with van der Waals surface area (Å²) in [6.45, 7) is 4.88. The van der Waals surface area contributed by atoms with E-state index in [-0.39, 0.29) is 17.3 Å². The van der Waals surface area contributed by atoms with Gasteiger partial charge in [-0.2, -0.15) is 0 Å². The van der Waals surface area contributed by atoms with Gasteiger partial charge < -0.3 is 15.3 Å². The minimum atomic E-state index is -1.11. The second kappa shape index (κ2) is 6.70. The number of benzene rings is 1. The number of piperidine rings is 1. The maximum atomic E-state index is 13.8. The van der Waals surface area contributed by atoms with Crippen LogP contribution < -0.4 is 5.32 Å². The van der Waals surface area contributed by atoms with Crippen LogP contribution in [0.4, 0.5) is 10.1 Å². The lowest BCUT2D eigenvalue weighted by atomic mass is 10.1. The van der Waals surface area contributed by atoms with Crippen molar-refractivity contribution in [3.05, 3.63) is 29.6 Å². The SMILES string of the molecule is CC(CN1CCCCC1)Nc1c(F)cccc1C(=O)O. The standard InChI is InChI=1S/C15H21FN2O2/c1-11(10-18-8-3-2-4-9-18)17-14-12(15(19)20)6-5-7-13(14)16/h5-7,11,17H,2-4,8-10H2,1H3,(H,19,20). The van der Waals surface area contributed by atoms with Crippen LogP contribution in [0.3, 0.4) is 0 Å². The third kappa shape index (κ3) is 3.70. The average molecular weight is 280 g/mol. The van der Waals surface area contributed by atoms with Gasteiger partial charge in [0.25, 0.3) is 0 Å². The minimum Gasteiger partial charge on any atom is -0.478 e. The number of hydrogen-bond donors (Lipinski definition) is 2. The quantitative estimate of drug-likeness (QED) is 0.871. The molecule has 0 saturated carbocycles. The van der Waals surface area contributed by atoms with Gasteiger partial charge in [-0.3, -0.25) is 0 Å². The highest BCUT2D eigenvalue weighted by atomic mass is 19.1. The molecule has 110 valence electrons. The van der Waals surface area contributed by atoms with Crippen molar-refractivity contribution in [1.82, 2.24) is 4.90 Å². The number of anilines is 1. The molecule has 0 radical (unpaired) electrons. The molecule has 20 heavy (non-hydrogen) atoms. The average Bonchev–Trinajstić information content (AvgIpc) is 2.42. The molecule has 1 aromatic carbocycles. The first-order chi connectivity index (χ1) is 9.58. The molecule has 1 atom stereocenters. The first-order valence-corrected chi connectivity index (χ1v) is 7.08. The molecule has 2 N–H and O–H groups in total. The summed E-state index contributed by atoms with van der Waals surface area (Å²) in [5.41, 5.74) is 0.0694. The van der Waals surface area contributed by atoms with E-state index < -0.39 is 11.8 Å². The third-order valence-corrected chi connectivity index (χ3v) is 3.62. The predicted molar refractivity (Wildman–Crippen MR) is 76.7 cm³/mol. The lowest BCUT2D eigenvalue weighted by molar-refractivity contribution is 0.0697. The van der Waals surface area contributed by atoms with Gasteiger partial charge in [-0.1, -0.05) is 12.5 Å². The zero-order chi connectivity index (χ0) is 14.5. The normalized spacial score (nSPS) is 17.7. The Labute approximate surface area is 118 Å². The molecule has 1 fully saturated rings. The second-order valence-corrected chi connectivity index (χ2v) is 5.37. The molecule has 0 bridgehead atoms. The highest BCUT2D eigenvalue weighted by molar-refractivity contribution is 5.94. The van der Waals surface area contributed by atoms with Crippen LogP contribution in [0.15, 0.2) is 18.2 Å². The Bertz CT molecular complexity index is 473. The van der Waals surface area contributed by atoms with Crippen molar-refractivity contribution in [3.63, 3.8) is 0 Å². The monoisotopic (exact) mass is 280 g/mol. The highest BCUT2D eigenvalue weighted by Gasteiger charge is 2.18. The largest absolute Gasteiger partial charge is 0.478 e. The molecular weight excluding hydrogens is 259 g/mol. The molecule has 5 heteroatoms. The molecule has 1 saturated heterocycles. The van der Waals surface area contributed by atoms with Crippen molar-refractivity contribution in [2.75, 3.05) is 25.0 Å². The number of hydrogen-bond acceptors (Lipinski definition) is 3. The number of nitrogens with one attached hydrogen (secondary N) is 1. The van der Waals surface area contributed by atoms with Crippen LogP contribution in [-0.2, 0) is 0 Å². The van der Waals surface area contributed by atoms with Crippen LogP contribution in [0.25, 0.3) is 0 Å². The van der Waals surface area contributed by atoms with Crippen LogP contribution in [0, 0.1) is 5.82 Å². The first-order valence-electron chi connectivity index (χ1n) is 7.08. The van der Waals surface area contributed by atoms with Gasteiger partial charge in [-0.25, -0.2) is 9.18 Å². The van der Waals surface area contributed by atoms with Gasteiger partial charge in [-0.15, -0.1) is 0 Å². The van der Waals surface area contributed by atoms with Crippen molar-refractivity contribution in [2.24, 2.45) is 0 Å². The lowest BCUT2D eigenvalue weighted by Gasteiger charge is -2.30. The fourth-order valence-electron chi connectivity index (χ4n) is 2.67. The van der Waals surface area contributed by atoms with Crippen molar-refractivity contribution in [3.8, 4) is 0 Å². The van der Waals surface area contributed by atoms with Gasteiger partial charge in [-0.05, 0) is 45.0 Å². The van der Waals surface area contributed by atoms with E-state index in [1.807, 2.05) is 6.92 Å². The Hall–Kier alpha value is -1.62. The summed E-state index contributed by atoms with van der Waals surface area (Å²) < 4.78 is 13.8. The summed E-state index contributed by atoms with van der Waals surface area (Å²) >= 11 is 0. The maximum absolute atomic E-state index is 13.8. The van der Waals surface area contributed by atoms with Crippen molar-refractivity contribution in [1.29, 1.82) is 0 Å². The Morgan fingerprint density at radius 1 is 1.40 bits per heavy atom. The van der Waals surface area contributed by atoms with Crippen molar-refractivity contribution in [2.45, 2.75) is 32.2 Å². The van der Waals surface area contributed by atoms with E-state index in [9.17, 15) is 9.18 Å². The molecule has 2 rings (SSSR count). The molecule has 1 unspecified atom stereocenters. The fraction of sp³-hybridized carbons (Fsp3) is 0.533. The zero-order valence-corrected chi connectivity index (χ0v) is 11.7. The number of carboxylic acid groups (broad SMARTS) is 1. The number of rotatable bonds is 5. The predicted octanol–water partition coefficient (Wildman–Crippen LogP) is 2.81. The first kappa shape index (κ1) is 14.8. The summed E-state index contributed by atoms with van der Waals surface area (Å²) in [6.07, 6.45) is 3.67. The van der Waals surface area contributed by atoms with Crippen LogP contribution >= 0.6 is 0 Å². The van der Waals surface area contributed by atoms with Crippen LogP contribution in [0.2, 0.25) is 0 Å². The smallest absolute Gasteiger partial charge is 0.337 e. The number of carboxylic acids is 1. The van der Waals surface area contributed by atoms with Crippen molar-refractivity contribution >= 4 is 11.7 Å². The zero-order valence-electron chi connectivity index (χ0n) is 11.7. The number of para-hydroxylation sites is 1. The van der Waals surface area contributed by atoms with Gasteiger partial charge in [0.05, 0.1) is 11.3 Å². The topological polar surface area (TPSA) is 52.6 Å². The number of halogens is 1. The van der Waals surface area contributed by atoms with Gasteiger partial charge in [0.1, 0.15) is 5.82 Å². The van der Waals surface area contributed by atoms with Crippen LogP contribution in [0.5, 0.6) is 0 Å². The summed E-state index contributed by atoms with van der Waals surface area (Å²) in [5, 5.41) is 12.1. The number of carbonyl (C=O) groups is 1. The van der Waals surface area contributed by atoms with Crippen LogP contribution in [-0.4, -0.2) is 41.7 Å². The number of nitrogens with zero attached hydrogens (tertiary/aromatic N) is 1. The molecule has 1 aliphatic heterocycles. The third-order valence-electron chi connectivity index (χ3n) is 3.62. The Kier molecular flexibility index (Phi) is 4.95. The Morgan fingerprint density at radius 2 is 2.10 bits per heavy atom. The molecule has 1 aliphatic rings. The lowest BCUT2D eigenvalue weighted by Crippen LogP contribution is -2.38. The molecular formula is C15H21FN2O2. The summed E-state index contributed by atoms with van der Waals surface area (Å²) in [7, 11) is 0. The molecule has 0 spiro atoms. The number of likely N-dealkylation sites (tertiary alicyclic amines) is 1. The molecule has 0 aromatic heterocycles. The number of aromatic carboxylic acids is 1. The van der Waals surface area contributed by atoms with E-state index in [2.05, 4.69) is 10.2 Å². The van der Waals surface area contributed by atoms with Crippen LogP contribution in [0.1, 0.15) is 36.5 Å². The minimum absolute atomic E-state index is 0.00287. The van der Waals surface area contributed by atoms with Gasteiger partial charge in [0, 0.05) is 12.6 Å².